The van der Waals surface area contributed by atoms with Crippen LogP contribution in [0, 0.1) is 20.8 Å². The average Bonchev–Trinajstić information content (AvgIpc) is 2.72. The van der Waals surface area contributed by atoms with E-state index in [-0.39, 0.29) is 0 Å². The van der Waals surface area contributed by atoms with Crippen molar-refractivity contribution in [3.05, 3.63) is 40.8 Å². The van der Waals surface area contributed by atoms with Crippen LogP contribution in [0.2, 0.25) is 0 Å². The van der Waals surface area contributed by atoms with E-state index in [4.69, 9.17) is 5.73 Å². The predicted octanol–water partition coefficient (Wildman–Crippen LogP) is 3.20. The van der Waals surface area contributed by atoms with E-state index in [0.29, 0.717) is 0 Å². The highest BCUT2D eigenvalue weighted by molar-refractivity contribution is 5.65. The second-order valence-electron chi connectivity index (χ2n) is 5.62. The Bertz CT molecular complexity index is 574. The lowest BCUT2D eigenvalue weighted by atomic mass is 9.99. The van der Waals surface area contributed by atoms with E-state index >= 15 is 0 Å². The normalized spacial score (nSPS) is 11.9. The van der Waals surface area contributed by atoms with Gasteiger partial charge < -0.3 is 10.7 Å². The Labute approximate surface area is 108 Å². The number of rotatable bonds is 2. The SMILES string of the molecule is Cc1cc(C)c(-c2cnc(C(C)(C)N)[nH]2)cc1C. The van der Waals surface area contributed by atoms with Gasteiger partial charge in [-0.15, -0.1) is 0 Å². The molecule has 0 saturated heterocycles. The van der Waals surface area contributed by atoms with E-state index in [0.717, 1.165) is 11.5 Å². The molecule has 0 radical (unpaired) electrons. The fourth-order valence-corrected chi connectivity index (χ4v) is 2.04. The average molecular weight is 243 g/mol. The monoisotopic (exact) mass is 243 g/mol. The molecular formula is C15H21N3. The number of hydrogen-bond donors (Lipinski definition) is 2. The van der Waals surface area contributed by atoms with Gasteiger partial charge in [-0.3, -0.25) is 0 Å². The van der Waals surface area contributed by atoms with E-state index in [1.54, 1.807) is 0 Å². The van der Waals surface area contributed by atoms with Gasteiger partial charge in [0.2, 0.25) is 0 Å². The Morgan fingerprint density at radius 2 is 1.67 bits per heavy atom. The first kappa shape index (κ1) is 12.8. The van der Waals surface area contributed by atoms with E-state index in [9.17, 15) is 0 Å². The van der Waals surface area contributed by atoms with Crippen molar-refractivity contribution in [2.75, 3.05) is 0 Å². The summed E-state index contributed by atoms with van der Waals surface area (Å²) in [4.78, 5) is 7.70. The highest BCUT2D eigenvalue weighted by Gasteiger charge is 2.18. The summed E-state index contributed by atoms with van der Waals surface area (Å²) in [5.74, 6) is 0.815. The molecule has 0 aliphatic heterocycles. The largest absolute Gasteiger partial charge is 0.340 e. The highest BCUT2D eigenvalue weighted by atomic mass is 15.0. The molecular weight excluding hydrogens is 222 g/mol. The van der Waals surface area contributed by atoms with Crippen molar-refractivity contribution in [2.45, 2.75) is 40.2 Å². The van der Waals surface area contributed by atoms with Crippen LogP contribution in [0.15, 0.2) is 18.3 Å². The molecule has 0 atom stereocenters. The lowest BCUT2D eigenvalue weighted by Gasteiger charge is -2.14. The third-order valence-electron chi connectivity index (χ3n) is 3.32. The number of hydrogen-bond acceptors (Lipinski definition) is 2. The van der Waals surface area contributed by atoms with E-state index in [1.807, 2.05) is 20.0 Å². The Hall–Kier alpha value is -1.61. The minimum Gasteiger partial charge on any atom is -0.340 e. The van der Waals surface area contributed by atoms with Crippen molar-refractivity contribution in [3.63, 3.8) is 0 Å². The summed E-state index contributed by atoms with van der Waals surface area (Å²) < 4.78 is 0. The number of aromatic nitrogens is 2. The van der Waals surface area contributed by atoms with Gasteiger partial charge in [-0.25, -0.2) is 4.98 Å². The molecule has 0 saturated carbocycles. The smallest absolute Gasteiger partial charge is 0.126 e. The summed E-state index contributed by atoms with van der Waals surface area (Å²) in [6.45, 7) is 10.3. The molecule has 0 aliphatic carbocycles. The van der Waals surface area contributed by atoms with Crippen molar-refractivity contribution < 1.29 is 0 Å². The summed E-state index contributed by atoms with van der Waals surface area (Å²) in [6, 6.07) is 4.41. The van der Waals surface area contributed by atoms with Crippen LogP contribution < -0.4 is 5.73 Å². The minimum absolute atomic E-state index is 0.439. The molecule has 2 rings (SSSR count). The van der Waals surface area contributed by atoms with Crippen LogP contribution in [0.4, 0.5) is 0 Å². The number of benzene rings is 1. The third kappa shape index (κ3) is 2.31. The van der Waals surface area contributed by atoms with Gasteiger partial charge in [-0.05, 0) is 57.4 Å². The Morgan fingerprint density at radius 3 is 2.22 bits per heavy atom. The number of nitrogens with zero attached hydrogens (tertiary/aromatic N) is 1. The van der Waals surface area contributed by atoms with Gasteiger partial charge in [0, 0.05) is 5.56 Å². The number of aromatic amines is 1. The number of imidazole rings is 1. The minimum atomic E-state index is -0.439. The molecule has 0 aliphatic rings. The van der Waals surface area contributed by atoms with E-state index < -0.39 is 5.54 Å². The number of aryl methyl sites for hydroxylation is 3. The van der Waals surface area contributed by atoms with Crippen LogP contribution in [0.25, 0.3) is 11.3 Å². The molecule has 96 valence electrons. The summed E-state index contributed by atoms with van der Waals surface area (Å²) in [7, 11) is 0. The zero-order valence-corrected chi connectivity index (χ0v) is 11.8. The topological polar surface area (TPSA) is 54.7 Å². The second-order valence-corrected chi connectivity index (χ2v) is 5.62. The molecule has 3 nitrogen and oxygen atoms in total. The summed E-state index contributed by atoms with van der Waals surface area (Å²) >= 11 is 0. The zero-order chi connectivity index (χ0) is 13.5. The molecule has 3 N–H and O–H groups in total. The zero-order valence-electron chi connectivity index (χ0n) is 11.8. The molecule has 0 fully saturated rings. The predicted molar refractivity (Wildman–Crippen MR) is 75.4 cm³/mol. The van der Waals surface area contributed by atoms with Crippen LogP contribution >= 0.6 is 0 Å². The van der Waals surface area contributed by atoms with Crippen molar-refractivity contribution >= 4 is 0 Å². The van der Waals surface area contributed by atoms with Crippen LogP contribution in [0.3, 0.4) is 0 Å². The first-order valence-electron chi connectivity index (χ1n) is 6.21. The van der Waals surface area contributed by atoms with Crippen LogP contribution in [-0.2, 0) is 5.54 Å². The molecule has 2 aromatic rings. The van der Waals surface area contributed by atoms with Crippen molar-refractivity contribution in [1.82, 2.24) is 9.97 Å². The van der Waals surface area contributed by atoms with Crippen molar-refractivity contribution in [1.29, 1.82) is 0 Å². The summed E-state index contributed by atoms with van der Waals surface area (Å²) in [5.41, 5.74) is 11.7. The molecule has 1 aromatic carbocycles. The standard InChI is InChI=1S/C15H21N3/c1-9-6-11(3)12(7-10(9)2)13-8-17-14(18-13)15(4,5)16/h6-8H,16H2,1-5H3,(H,17,18). The highest BCUT2D eigenvalue weighted by Crippen LogP contribution is 2.26. The molecule has 0 unspecified atom stereocenters. The van der Waals surface area contributed by atoms with Crippen LogP contribution in [0.1, 0.15) is 36.4 Å². The third-order valence-corrected chi connectivity index (χ3v) is 3.32. The quantitative estimate of drug-likeness (QED) is 0.851. The van der Waals surface area contributed by atoms with Gasteiger partial charge in [0.15, 0.2) is 0 Å². The van der Waals surface area contributed by atoms with Gasteiger partial charge in [0.1, 0.15) is 5.82 Å². The number of nitrogens with one attached hydrogen (secondary N) is 1. The summed E-state index contributed by atoms with van der Waals surface area (Å²) in [6.07, 6.45) is 1.86. The molecule has 3 heteroatoms. The van der Waals surface area contributed by atoms with Crippen LogP contribution in [0.5, 0.6) is 0 Å². The molecule has 0 bridgehead atoms. The van der Waals surface area contributed by atoms with Crippen molar-refractivity contribution in [2.24, 2.45) is 5.73 Å². The van der Waals surface area contributed by atoms with Gasteiger partial charge in [-0.2, -0.15) is 0 Å². The molecule has 1 aromatic heterocycles. The maximum Gasteiger partial charge on any atom is 0.126 e. The fraction of sp³-hybridized carbons (Fsp3) is 0.400. The van der Waals surface area contributed by atoms with Gasteiger partial charge >= 0.3 is 0 Å². The Morgan fingerprint density at radius 1 is 1.06 bits per heavy atom. The van der Waals surface area contributed by atoms with Crippen molar-refractivity contribution in [3.8, 4) is 11.3 Å². The lowest BCUT2D eigenvalue weighted by Crippen LogP contribution is -2.30. The molecule has 18 heavy (non-hydrogen) atoms. The first-order valence-corrected chi connectivity index (χ1v) is 6.21. The number of nitrogens with two attached hydrogens (primary N) is 1. The molecule has 0 amide bonds. The summed E-state index contributed by atoms with van der Waals surface area (Å²) in [5, 5.41) is 0. The van der Waals surface area contributed by atoms with E-state index in [1.165, 1.54) is 22.3 Å². The second kappa shape index (κ2) is 4.25. The number of H-pyrrole nitrogens is 1. The van der Waals surface area contributed by atoms with Crippen LogP contribution in [-0.4, -0.2) is 9.97 Å². The molecule has 1 heterocycles. The Kier molecular flexibility index (Phi) is 3.03. The maximum atomic E-state index is 6.05. The van der Waals surface area contributed by atoms with Gasteiger partial charge in [0.25, 0.3) is 0 Å². The molecule has 0 spiro atoms. The first-order chi connectivity index (χ1) is 8.29. The van der Waals surface area contributed by atoms with Gasteiger partial charge in [0.05, 0.1) is 17.4 Å². The Balaban J connectivity index is 2.50. The fourth-order valence-electron chi connectivity index (χ4n) is 2.04. The van der Waals surface area contributed by atoms with Gasteiger partial charge in [-0.1, -0.05) is 6.07 Å². The lowest BCUT2D eigenvalue weighted by molar-refractivity contribution is 0.520. The maximum absolute atomic E-state index is 6.05. The van der Waals surface area contributed by atoms with E-state index in [2.05, 4.69) is 42.9 Å².